The predicted molar refractivity (Wildman–Crippen MR) is 73.7 cm³/mol. The quantitative estimate of drug-likeness (QED) is 0.895. The van der Waals surface area contributed by atoms with Gasteiger partial charge in [-0.2, -0.15) is 5.10 Å². The molecule has 0 aliphatic rings. The van der Waals surface area contributed by atoms with Crippen LogP contribution in [0.3, 0.4) is 0 Å². The average Bonchev–Trinajstić information content (AvgIpc) is 2.53. The van der Waals surface area contributed by atoms with Crippen LogP contribution in [0.1, 0.15) is 32.2 Å². The van der Waals surface area contributed by atoms with Crippen LogP contribution in [0.2, 0.25) is 5.02 Å². The van der Waals surface area contributed by atoms with E-state index in [2.05, 4.69) is 24.3 Å². The van der Waals surface area contributed by atoms with Gasteiger partial charge in [-0.1, -0.05) is 32.4 Å². The van der Waals surface area contributed by atoms with Gasteiger partial charge >= 0.3 is 0 Å². The van der Waals surface area contributed by atoms with Crippen molar-refractivity contribution < 1.29 is 4.79 Å². The second-order valence-corrected chi connectivity index (χ2v) is 5.58. The first kappa shape index (κ1) is 15.0. The normalized spacial score (nSPS) is 12.8. The molecular weight excluding hydrogens is 250 g/mol. The summed E-state index contributed by atoms with van der Waals surface area (Å²) in [4.78, 5) is 11.9. The number of nitrogens with zero attached hydrogens (tertiary/aromatic N) is 2. The van der Waals surface area contributed by atoms with E-state index in [0.29, 0.717) is 24.0 Å². The van der Waals surface area contributed by atoms with Crippen molar-refractivity contribution in [2.24, 2.45) is 11.8 Å². The Labute approximate surface area is 114 Å². The molecule has 1 N–H and O–H groups in total. The van der Waals surface area contributed by atoms with E-state index in [1.165, 1.54) is 0 Å². The van der Waals surface area contributed by atoms with Gasteiger partial charge in [-0.3, -0.25) is 9.48 Å². The van der Waals surface area contributed by atoms with Gasteiger partial charge in [0.15, 0.2) is 0 Å². The molecule has 102 valence electrons. The van der Waals surface area contributed by atoms with Gasteiger partial charge in [0.05, 0.1) is 28.9 Å². The highest BCUT2D eigenvalue weighted by atomic mass is 35.5. The molecule has 0 aliphatic carbocycles. The number of rotatable bonds is 5. The molecule has 18 heavy (non-hydrogen) atoms. The molecule has 4 nitrogen and oxygen atoms in total. The highest BCUT2D eigenvalue weighted by molar-refractivity contribution is 6.31. The summed E-state index contributed by atoms with van der Waals surface area (Å²) >= 11 is 6.08. The second-order valence-electron chi connectivity index (χ2n) is 5.21. The van der Waals surface area contributed by atoms with Crippen LogP contribution >= 0.6 is 11.6 Å². The molecule has 0 aromatic carbocycles. The molecule has 1 atom stereocenters. The first-order chi connectivity index (χ1) is 8.32. The van der Waals surface area contributed by atoms with Crippen molar-refractivity contribution in [3.63, 3.8) is 0 Å². The zero-order chi connectivity index (χ0) is 13.9. The van der Waals surface area contributed by atoms with Gasteiger partial charge in [0.2, 0.25) is 5.91 Å². The van der Waals surface area contributed by atoms with E-state index in [9.17, 15) is 4.79 Å². The molecule has 1 amide bonds. The first-order valence-electron chi connectivity index (χ1n) is 6.30. The van der Waals surface area contributed by atoms with Gasteiger partial charge < -0.3 is 5.32 Å². The Morgan fingerprint density at radius 2 is 2.00 bits per heavy atom. The summed E-state index contributed by atoms with van der Waals surface area (Å²) in [5.41, 5.74) is 1.72. The lowest BCUT2D eigenvalue weighted by molar-refractivity contribution is -0.125. The van der Waals surface area contributed by atoms with Crippen LogP contribution in [0.25, 0.3) is 0 Å². The van der Waals surface area contributed by atoms with Crippen LogP contribution in [-0.4, -0.2) is 22.2 Å². The molecule has 5 heteroatoms. The molecule has 1 rings (SSSR count). The first-order valence-corrected chi connectivity index (χ1v) is 6.68. The average molecular weight is 272 g/mol. The second kappa shape index (κ2) is 6.23. The summed E-state index contributed by atoms with van der Waals surface area (Å²) in [7, 11) is 0. The minimum Gasteiger partial charge on any atom is -0.356 e. The minimum atomic E-state index is -0.113. The topological polar surface area (TPSA) is 46.9 Å². The predicted octanol–water partition coefficient (Wildman–Crippen LogP) is 2.56. The lowest BCUT2D eigenvalue weighted by atomic mass is 10.1. The fourth-order valence-electron chi connectivity index (χ4n) is 1.67. The van der Waals surface area contributed by atoms with Crippen LogP contribution < -0.4 is 5.32 Å². The number of nitrogens with one attached hydrogen (secondary N) is 1. The Balaban J connectivity index is 2.61. The van der Waals surface area contributed by atoms with Crippen LogP contribution in [0.5, 0.6) is 0 Å². The number of halogens is 1. The summed E-state index contributed by atoms with van der Waals surface area (Å²) < 4.78 is 1.80. The van der Waals surface area contributed by atoms with Gasteiger partial charge in [0, 0.05) is 6.54 Å². The van der Waals surface area contributed by atoms with Gasteiger partial charge in [0.1, 0.15) is 0 Å². The highest BCUT2D eigenvalue weighted by Crippen LogP contribution is 2.19. The molecule has 0 radical (unpaired) electrons. The van der Waals surface area contributed by atoms with Gasteiger partial charge in [-0.25, -0.2) is 0 Å². The van der Waals surface area contributed by atoms with Crippen molar-refractivity contribution in [2.45, 2.75) is 41.2 Å². The highest BCUT2D eigenvalue weighted by Gasteiger charge is 2.17. The van der Waals surface area contributed by atoms with Crippen LogP contribution in [0, 0.1) is 25.7 Å². The molecular formula is C13H22ClN3O. The number of amides is 1. The van der Waals surface area contributed by atoms with E-state index < -0.39 is 0 Å². The number of hydrogen-bond donors (Lipinski definition) is 1. The number of hydrogen-bond acceptors (Lipinski definition) is 2. The largest absolute Gasteiger partial charge is 0.356 e. The van der Waals surface area contributed by atoms with Crippen LogP contribution in [-0.2, 0) is 11.3 Å². The minimum absolute atomic E-state index is 0.0624. The Bertz CT molecular complexity index is 426. The van der Waals surface area contributed by atoms with Crippen molar-refractivity contribution in [3.8, 4) is 0 Å². The van der Waals surface area contributed by atoms with Gasteiger partial charge in [-0.15, -0.1) is 0 Å². The molecule has 0 spiro atoms. The number of carbonyl (C=O) groups excluding carboxylic acids is 1. The Morgan fingerprint density at radius 1 is 1.39 bits per heavy atom. The number of aryl methyl sites for hydroxylation is 1. The summed E-state index contributed by atoms with van der Waals surface area (Å²) in [5.74, 6) is 0.412. The lowest BCUT2D eigenvalue weighted by Crippen LogP contribution is -2.34. The maximum Gasteiger partial charge on any atom is 0.224 e. The molecule has 1 aromatic rings. The third-order valence-electron chi connectivity index (χ3n) is 2.87. The molecule has 1 unspecified atom stereocenters. The zero-order valence-electron chi connectivity index (χ0n) is 11.7. The smallest absolute Gasteiger partial charge is 0.224 e. The third-order valence-corrected chi connectivity index (χ3v) is 3.42. The maximum absolute atomic E-state index is 11.9. The molecule has 0 fully saturated rings. The standard InChI is InChI=1S/C13H22ClN3O/c1-8(2)6-15-13(18)9(3)7-17-11(5)12(14)10(4)16-17/h8-9H,6-7H2,1-5H3,(H,15,18). The van der Waals surface area contributed by atoms with E-state index >= 15 is 0 Å². The van der Waals surface area contributed by atoms with Crippen molar-refractivity contribution in [1.82, 2.24) is 15.1 Å². The Morgan fingerprint density at radius 3 is 2.44 bits per heavy atom. The van der Waals surface area contributed by atoms with E-state index in [1.54, 1.807) is 4.68 Å². The summed E-state index contributed by atoms with van der Waals surface area (Å²) in [6, 6.07) is 0. The lowest BCUT2D eigenvalue weighted by Gasteiger charge is -2.14. The Kier molecular flexibility index (Phi) is 5.20. The monoisotopic (exact) mass is 271 g/mol. The summed E-state index contributed by atoms with van der Waals surface area (Å²) in [5, 5.41) is 7.95. The fourth-order valence-corrected chi connectivity index (χ4v) is 1.81. The number of carbonyl (C=O) groups is 1. The van der Waals surface area contributed by atoms with E-state index in [4.69, 9.17) is 11.6 Å². The van der Waals surface area contributed by atoms with Crippen LogP contribution in [0.4, 0.5) is 0 Å². The van der Waals surface area contributed by atoms with Crippen LogP contribution in [0.15, 0.2) is 0 Å². The van der Waals surface area contributed by atoms with Crippen molar-refractivity contribution in [1.29, 1.82) is 0 Å². The zero-order valence-corrected chi connectivity index (χ0v) is 12.5. The molecule has 0 aliphatic heterocycles. The van der Waals surface area contributed by atoms with Crippen molar-refractivity contribution >= 4 is 17.5 Å². The van der Waals surface area contributed by atoms with E-state index in [0.717, 1.165) is 11.4 Å². The molecule has 0 bridgehead atoms. The Hall–Kier alpha value is -1.03. The molecule has 0 saturated carbocycles. The SMILES string of the molecule is Cc1nn(CC(C)C(=O)NCC(C)C)c(C)c1Cl. The van der Waals surface area contributed by atoms with E-state index in [-0.39, 0.29) is 11.8 Å². The van der Waals surface area contributed by atoms with Crippen molar-refractivity contribution in [2.75, 3.05) is 6.54 Å². The fraction of sp³-hybridized carbons (Fsp3) is 0.692. The van der Waals surface area contributed by atoms with E-state index in [1.807, 2.05) is 20.8 Å². The molecule has 1 heterocycles. The van der Waals surface area contributed by atoms with Crippen molar-refractivity contribution in [3.05, 3.63) is 16.4 Å². The molecule has 1 aromatic heterocycles. The summed E-state index contributed by atoms with van der Waals surface area (Å²) in [6.45, 7) is 11.1. The van der Waals surface area contributed by atoms with Gasteiger partial charge in [0.25, 0.3) is 0 Å². The van der Waals surface area contributed by atoms with Gasteiger partial charge in [-0.05, 0) is 19.8 Å². The summed E-state index contributed by atoms with van der Waals surface area (Å²) in [6.07, 6.45) is 0. The molecule has 0 saturated heterocycles. The third kappa shape index (κ3) is 3.73. The maximum atomic E-state index is 11.9. The number of aromatic nitrogens is 2.